The molecule has 1 aliphatic rings. The number of halogens is 1. The minimum absolute atomic E-state index is 0.0298. The number of nitrogens with zero attached hydrogens (tertiary/aromatic N) is 2. The molecule has 0 bridgehead atoms. The van der Waals surface area contributed by atoms with E-state index in [4.69, 9.17) is 35.1 Å². The van der Waals surface area contributed by atoms with Crippen molar-refractivity contribution in [3.63, 3.8) is 0 Å². The number of rotatable bonds is 10. The van der Waals surface area contributed by atoms with Gasteiger partial charge in [0.05, 0.1) is 34.0 Å². The Hall–Kier alpha value is -2.45. The van der Waals surface area contributed by atoms with E-state index in [1.165, 1.54) is 0 Å². The molecule has 0 radical (unpaired) electrons. The van der Waals surface area contributed by atoms with Crippen LogP contribution in [0, 0.1) is 0 Å². The summed E-state index contributed by atoms with van der Waals surface area (Å²) in [5.41, 5.74) is 1.36. The van der Waals surface area contributed by atoms with Gasteiger partial charge in [-0.2, -0.15) is 0 Å². The molecule has 0 saturated carbocycles. The minimum Gasteiger partial charge on any atom is -0.493 e. The van der Waals surface area contributed by atoms with Crippen LogP contribution in [0.5, 0.6) is 17.2 Å². The summed E-state index contributed by atoms with van der Waals surface area (Å²) in [7, 11) is 4.66. The van der Waals surface area contributed by atoms with Crippen LogP contribution in [0.3, 0.4) is 0 Å². The molecule has 8 nitrogen and oxygen atoms in total. The smallest absolute Gasteiger partial charge is 0.224 e. The number of benzene rings is 1. The normalized spacial score (nSPS) is 15.8. The second-order valence-corrected chi connectivity index (χ2v) is 7.32. The van der Waals surface area contributed by atoms with Crippen molar-refractivity contribution in [1.29, 1.82) is 0 Å². The van der Waals surface area contributed by atoms with Crippen LogP contribution in [-0.4, -0.2) is 62.4 Å². The largest absolute Gasteiger partial charge is 0.493 e. The van der Waals surface area contributed by atoms with Gasteiger partial charge in [0.1, 0.15) is 5.69 Å². The third-order valence-electron chi connectivity index (χ3n) is 4.97. The first-order valence-corrected chi connectivity index (χ1v) is 10.3. The Balaban J connectivity index is 1.81. The summed E-state index contributed by atoms with van der Waals surface area (Å²) in [6, 6.07) is 5.38. The topological polar surface area (TPSA) is 83.3 Å². The highest BCUT2D eigenvalue weighted by Crippen LogP contribution is 2.41. The van der Waals surface area contributed by atoms with Crippen molar-refractivity contribution >= 4 is 17.5 Å². The van der Waals surface area contributed by atoms with Crippen molar-refractivity contribution in [3.05, 3.63) is 23.9 Å². The molecule has 1 aromatic heterocycles. The lowest BCUT2D eigenvalue weighted by atomic mass is 10.1. The van der Waals surface area contributed by atoms with Crippen LogP contribution in [0.4, 0.5) is 0 Å². The maximum absolute atomic E-state index is 12.5. The number of hydrogen-bond donors (Lipinski definition) is 0. The van der Waals surface area contributed by atoms with Gasteiger partial charge in [0.2, 0.25) is 11.7 Å². The van der Waals surface area contributed by atoms with Crippen molar-refractivity contribution in [2.45, 2.75) is 31.9 Å². The van der Waals surface area contributed by atoms with Gasteiger partial charge in [-0.15, -0.1) is 11.6 Å². The van der Waals surface area contributed by atoms with Crippen molar-refractivity contribution in [3.8, 4) is 28.6 Å². The van der Waals surface area contributed by atoms with Crippen LogP contribution >= 0.6 is 11.6 Å². The first-order valence-electron chi connectivity index (χ1n) is 9.80. The average Bonchev–Trinajstić information content (AvgIpc) is 3.44. The molecule has 0 N–H and O–H groups in total. The standard InChI is InChI=1S/C21H27ClN2O6/c1-26-18-9-14(10-19(27-2)21(18)28-3)17-11-15(23-30-17)12-24(20(25)6-7-22)13-16-5-4-8-29-16/h9-11,16H,4-8,12-13H2,1-3H3/t16-/m1/s1. The fourth-order valence-electron chi connectivity index (χ4n) is 3.47. The molecule has 1 atom stereocenters. The van der Waals surface area contributed by atoms with E-state index in [1.54, 1.807) is 44.4 Å². The monoisotopic (exact) mass is 438 g/mol. The Labute approximate surface area is 181 Å². The Bertz CT molecular complexity index is 825. The molecule has 2 aromatic rings. The van der Waals surface area contributed by atoms with E-state index in [-0.39, 0.29) is 24.3 Å². The predicted octanol–water partition coefficient (Wildman–Crippen LogP) is 3.50. The van der Waals surface area contributed by atoms with Gasteiger partial charge in [0, 0.05) is 37.1 Å². The minimum atomic E-state index is -0.0298. The lowest BCUT2D eigenvalue weighted by Gasteiger charge is -2.24. The molecule has 0 aliphatic carbocycles. The molecular weight excluding hydrogens is 412 g/mol. The van der Waals surface area contributed by atoms with E-state index < -0.39 is 0 Å². The van der Waals surface area contributed by atoms with E-state index in [9.17, 15) is 4.79 Å². The summed E-state index contributed by atoms with van der Waals surface area (Å²) in [5.74, 6) is 2.31. The highest BCUT2D eigenvalue weighted by molar-refractivity contribution is 6.18. The number of methoxy groups -OCH3 is 3. The van der Waals surface area contributed by atoms with E-state index >= 15 is 0 Å². The third-order valence-corrected chi connectivity index (χ3v) is 5.16. The van der Waals surface area contributed by atoms with Gasteiger partial charge in [0.25, 0.3) is 0 Å². The first-order chi connectivity index (χ1) is 14.6. The summed E-state index contributed by atoms with van der Waals surface area (Å²) in [5, 5.41) is 4.15. The molecule has 30 heavy (non-hydrogen) atoms. The Morgan fingerprint density at radius 1 is 1.20 bits per heavy atom. The summed E-state index contributed by atoms with van der Waals surface area (Å²) in [6.07, 6.45) is 2.27. The van der Waals surface area contributed by atoms with Crippen LogP contribution in [0.1, 0.15) is 25.0 Å². The van der Waals surface area contributed by atoms with Gasteiger partial charge in [-0.3, -0.25) is 4.79 Å². The zero-order valence-corrected chi connectivity index (χ0v) is 18.2. The number of hydrogen-bond acceptors (Lipinski definition) is 7. The molecule has 1 aliphatic heterocycles. The lowest BCUT2D eigenvalue weighted by molar-refractivity contribution is -0.133. The molecule has 0 spiro atoms. The Morgan fingerprint density at radius 3 is 2.50 bits per heavy atom. The molecule has 1 fully saturated rings. The summed E-state index contributed by atoms with van der Waals surface area (Å²) < 4.78 is 27.4. The van der Waals surface area contributed by atoms with Crippen LogP contribution < -0.4 is 14.2 Å². The van der Waals surface area contributed by atoms with Crippen molar-refractivity contribution < 1.29 is 28.3 Å². The second kappa shape index (κ2) is 10.5. The van der Waals surface area contributed by atoms with Gasteiger partial charge >= 0.3 is 0 Å². The quantitative estimate of drug-likeness (QED) is 0.525. The molecule has 0 unspecified atom stereocenters. The molecule has 1 aromatic carbocycles. The number of aromatic nitrogens is 1. The van der Waals surface area contributed by atoms with Gasteiger partial charge < -0.3 is 28.4 Å². The van der Waals surface area contributed by atoms with Gasteiger partial charge in [-0.1, -0.05) is 5.16 Å². The van der Waals surface area contributed by atoms with Crippen LogP contribution in [-0.2, 0) is 16.1 Å². The maximum Gasteiger partial charge on any atom is 0.224 e. The van der Waals surface area contributed by atoms with Crippen LogP contribution in [0.25, 0.3) is 11.3 Å². The number of alkyl halides is 1. The third kappa shape index (κ3) is 5.17. The Kier molecular flexibility index (Phi) is 7.81. The number of carbonyl (C=O) groups is 1. The average molecular weight is 439 g/mol. The number of amides is 1. The highest BCUT2D eigenvalue weighted by atomic mass is 35.5. The van der Waals surface area contributed by atoms with Crippen molar-refractivity contribution in [2.24, 2.45) is 0 Å². The summed E-state index contributed by atoms with van der Waals surface area (Å²) in [6.45, 7) is 1.57. The molecule has 1 saturated heterocycles. The zero-order chi connectivity index (χ0) is 21.5. The van der Waals surface area contributed by atoms with Gasteiger partial charge in [-0.25, -0.2) is 0 Å². The summed E-state index contributed by atoms with van der Waals surface area (Å²) in [4.78, 5) is 14.3. The molecule has 1 amide bonds. The van der Waals surface area contributed by atoms with E-state index in [1.807, 2.05) is 0 Å². The lowest BCUT2D eigenvalue weighted by Crippen LogP contribution is -2.37. The number of ether oxygens (including phenoxy) is 4. The van der Waals surface area contributed by atoms with Crippen molar-refractivity contribution in [2.75, 3.05) is 40.4 Å². The van der Waals surface area contributed by atoms with Gasteiger partial charge in [0.15, 0.2) is 17.3 Å². The first kappa shape index (κ1) is 22.2. The zero-order valence-electron chi connectivity index (χ0n) is 17.5. The van der Waals surface area contributed by atoms with E-state index in [0.29, 0.717) is 41.8 Å². The Morgan fingerprint density at radius 2 is 1.93 bits per heavy atom. The maximum atomic E-state index is 12.5. The van der Waals surface area contributed by atoms with Crippen LogP contribution in [0.15, 0.2) is 22.7 Å². The molecular formula is C21H27ClN2O6. The fourth-order valence-corrected chi connectivity index (χ4v) is 3.63. The SMILES string of the molecule is COc1cc(-c2cc(CN(C[C@H]3CCCO3)C(=O)CCCl)no2)cc(OC)c1OC. The predicted molar refractivity (Wildman–Crippen MR) is 111 cm³/mol. The molecule has 164 valence electrons. The molecule has 9 heteroatoms. The van der Waals surface area contributed by atoms with Crippen LogP contribution in [0.2, 0.25) is 0 Å². The van der Waals surface area contributed by atoms with E-state index in [2.05, 4.69) is 5.16 Å². The second-order valence-electron chi connectivity index (χ2n) is 6.94. The molecule has 3 rings (SSSR count). The van der Waals surface area contributed by atoms with Crippen molar-refractivity contribution in [1.82, 2.24) is 10.1 Å². The van der Waals surface area contributed by atoms with E-state index in [0.717, 1.165) is 25.0 Å². The fraction of sp³-hybridized carbons (Fsp3) is 0.524. The number of carbonyl (C=O) groups excluding carboxylic acids is 1. The highest BCUT2D eigenvalue weighted by Gasteiger charge is 2.24. The van der Waals surface area contributed by atoms with Gasteiger partial charge in [-0.05, 0) is 25.0 Å². The summed E-state index contributed by atoms with van der Waals surface area (Å²) >= 11 is 5.78. The molecule has 2 heterocycles.